The first-order chi connectivity index (χ1) is 31.1. The molecule has 2 aliphatic carbocycles. The van der Waals surface area contributed by atoms with E-state index in [1.165, 1.54) is 71.4 Å². The topological polar surface area (TPSA) is 85.3 Å². The van der Waals surface area contributed by atoms with Gasteiger partial charge in [0.25, 0.3) is 0 Å². The van der Waals surface area contributed by atoms with E-state index < -0.39 is 0 Å². The molecule has 0 amide bonds. The Morgan fingerprint density at radius 3 is 1.59 bits per heavy atom. The highest BCUT2D eigenvalue weighted by Gasteiger charge is 2.34. The molecule has 3 heterocycles. The summed E-state index contributed by atoms with van der Waals surface area (Å²) in [4.78, 5) is 0. The van der Waals surface area contributed by atoms with Gasteiger partial charge in [-0.2, -0.15) is 0 Å². The molecule has 310 valence electrons. The minimum Gasteiger partial charge on any atom is -0.460 e. The summed E-state index contributed by atoms with van der Waals surface area (Å²) in [6.45, 7) is 0. The second-order valence-electron chi connectivity index (χ2n) is 17.4. The van der Waals surface area contributed by atoms with Crippen molar-refractivity contribution >= 4 is 38.6 Å². The Hall–Kier alpha value is -6.42. The van der Waals surface area contributed by atoms with Crippen molar-refractivity contribution in [3.05, 3.63) is 232 Å². The summed E-state index contributed by atoms with van der Waals surface area (Å²) in [5, 5.41) is 30.1. The second-order valence-corrected chi connectivity index (χ2v) is 17.4. The van der Waals surface area contributed by atoms with E-state index in [0.717, 1.165) is 30.6 Å². The summed E-state index contributed by atoms with van der Waals surface area (Å²) < 4.78 is 6.54. The van der Waals surface area contributed by atoms with Crippen molar-refractivity contribution in [1.82, 2.24) is 31.9 Å². The van der Waals surface area contributed by atoms with E-state index in [0.29, 0.717) is 0 Å². The first-order valence-electron chi connectivity index (χ1n) is 22.4. The molecule has 1 aromatic heterocycles. The molecule has 7 atom stereocenters. The average molecular weight is 823 g/mol. The molecule has 0 radical (unpaired) electrons. The number of fused-ring (bicyclic) bond motifs is 5. The lowest BCUT2D eigenvalue weighted by Gasteiger charge is -2.42. The van der Waals surface area contributed by atoms with Crippen LogP contribution in [0.2, 0.25) is 0 Å². The molecule has 6 N–H and O–H groups in total. The van der Waals surface area contributed by atoms with E-state index >= 15 is 0 Å². The standard InChI is InChI=1S/C56H50N6O/c1-3-15-37(16-4-1)51-57-53(42-25-23-35-13-7-9-19-39(35)29-42)61-55(59-51)45-31-44(41-27-28-48-47-21-11-12-22-49(47)63-50(48)34-41)32-46(33-45)56-60-52(38-17-5-2-6-18-38)58-54(62-56)43-26-24-36-14-8-10-20-40(36)30-43/h1,3-5,7-33,41,51-62H,2,6,34H2. The number of para-hydroxylation sites is 1. The third kappa shape index (κ3) is 7.53. The number of rotatable bonds is 7. The van der Waals surface area contributed by atoms with Crippen LogP contribution >= 0.6 is 0 Å². The number of nitrogens with one attached hydrogen (secondary N) is 6. The number of benzene rings is 7. The third-order valence-corrected chi connectivity index (χ3v) is 13.4. The first kappa shape index (κ1) is 38.3. The number of allylic oxidation sites excluding steroid dienone is 3. The van der Waals surface area contributed by atoms with Gasteiger partial charge in [-0.05, 0) is 97.6 Å². The molecule has 4 aliphatic rings. The molecule has 63 heavy (non-hydrogen) atoms. The minimum atomic E-state index is -0.182. The van der Waals surface area contributed by atoms with Crippen LogP contribution in [0.5, 0.6) is 0 Å². The predicted octanol–water partition coefficient (Wildman–Crippen LogP) is 11.4. The van der Waals surface area contributed by atoms with E-state index in [4.69, 9.17) is 4.42 Å². The van der Waals surface area contributed by atoms with Gasteiger partial charge in [0.2, 0.25) is 0 Å². The lowest BCUT2D eigenvalue weighted by molar-refractivity contribution is 0.202. The van der Waals surface area contributed by atoms with Gasteiger partial charge in [-0.3, -0.25) is 31.9 Å². The molecule has 7 heteroatoms. The smallest absolute Gasteiger partial charge is 0.134 e. The molecule has 12 rings (SSSR count). The molecule has 2 fully saturated rings. The molecule has 0 spiro atoms. The van der Waals surface area contributed by atoms with Crippen LogP contribution in [0.15, 0.2) is 192 Å². The maximum absolute atomic E-state index is 6.54. The highest BCUT2D eigenvalue weighted by atomic mass is 16.3. The molecule has 7 unspecified atom stereocenters. The minimum absolute atomic E-state index is 0.0565. The van der Waals surface area contributed by atoms with E-state index in [2.05, 4.69) is 220 Å². The van der Waals surface area contributed by atoms with Gasteiger partial charge in [-0.25, -0.2) is 0 Å². The molecule has 2 aliphatic heterocycles. The zero-order valence-electron chi connectivity index (χ0n) is 35.0. The summed E-state index contributed by atoms with van der Waals surface area (Å²) in [6.07, 6.45) is 13.8. The lowest BCUT2D eigenvalue weighted by Crippen LogP contribution is -2.59. The van der Waals surface area contributed by atoms with Crippen molar-refractivity contribution in [2.75, 3.05) is 0 Å². The van der Waals surface area contributed by atoms with E-state index in [1.807, 2.05) is 0 Å². The number of hydrogen-bond donors (Lipinski definition) is 6. The second kappa shape index (κ2) is 16.4. The molecule has 2 saturated heterocycles. The van der Waals surface area contributed by atoms with Gasteiger partial charge < -0.3 is 4.42 Å². The molecule has 8 aromatic rings. The van der Waals surface area contributed by atoms with Crippen LogP contribution in [0.3, 0.4) is 0 Å². The van der Waals surface area contributed by atoms with Crippen LogP contribution in [0, 0.1) is 0 Å². The van der Waals surface area contributed by atoms with Crippen LogP contribution < -0.4 is 31.9 Å². The number of furan rings is 1. The summed E-state index contributed by atoms with van der Waals surface area (Å²) in [6, 6.07) is 57.2. The van der Waals surface area contributed by atoms with Crippen LogP contribution in [-0.2, 0) is 6.42 Å². The molecule has 0 bridgehead atoms. The van der Waals surface area contributed by atoms with Crippen molar-refractivity contribution in [2.45, 2.75) is 62.2 Å². The predicted molar refractivity (Wildman–Crippen MR) is 255 cm³/mol. The highest BCUT2D eigenvalue weighted by Crippen LogP contribution is 2.39. The third-order valence-electron chi connectivity index (χ3n) is 13.4. The van der Waals surface area contributed by atoms with Crippen LogP contribution in [0.4, 0.5) is 0 Å². The maximum atomic E-state index is 6.54. The van der Waals surface area contributed by atoms with Gasteiger partial charge in [0.05, 0.1) is 37.0 Å². The maximum Gasteiger partial charge on any atom is 0.134 e. The van der Waals surface area contributed by atoms with Gasteiger partial charge in [0.15, 0.2) is 0 Å². The van der Waals surface area contributed by atoms with Gasteiger partial charge in [-0.15, -0.1) is 0 Å². The Labute approximate surface area is 368 Å². The summed E-state index contributed by atoms with van der Waals surface area (Å²) in [5.41, 5.74) is 10.6. The fraction of sp³-hybridized carbons (Fsp3) is 0.179. The summed E-state index contributed by atoms with van der Waals surface area (Å²) in [5.74, 6) is 1.16. The van der Waals surface area contributed by atoms with Gasteiger partial charge in [-0.1, -0.05) is 164 Å². The Balaban J connectivity index is 0.964. The summed E-state index contributed by atoms with van der Waals surface area (Å²) in [7, 11) is 0. The molecular weight excluding hydrogens is 773 g/mol. The van der Waals surface area contributed by atoms with Crippen LogP contribution in [0.25, 0.3) is 38.6 Å². The van der Waals surface area contributed by atoms with Gasteiger partial charge in [0, 0.05) is 23.3 Å². The average Bonchev–Trinajstić information content (AvgIpc) is 3.74. The quantitative estimate of drug-likeness (QED) is 0.0955. The SMILES string of the molecule is C1=CC(C2NC(c3cc(C4C=Cc5c(oc6ccccc56)C4)cc(C4NC(c5ccccc5)NC(c5ccc6ccccc6c5)N4)c3)NC(c3ccc4ccccc4c3)N2)=CCC1. The Morgan fingerprint density at radius 2 is 0.952 bits per heavy atom. The molecule has 0 saturated carbocycles. The Morgan fingerprint density at radius 1 is 0.413 bits per heavy atom. The van der Waals surface area contributed by atoms with Gasteiger partial charge in [0.1, 0.15) is 11.3 Å². The van der Waals surface area contributed by atoms with Crippen molar-refractivity contribution in [1.29, 1.82) is 0 Å². The molecular formula is C56H50N6O. The fourth-order valence-electron chi connectivity index (χ4n) is 10.1. The molecule has 7 nitrogen and oxygen atoms in total. The van der Waals surface area contributed by atoms with Crippen molar-refractivity contribution in [3.63, 3.8) is 0 Å². The zero-order chi connectivity index (χ0) is 41.7. The van der Waals surface area contributed by atoms with Gasteiger partial charge >= 0.3 is 0 Å². The largest absolute Gasteiger partial charge is 0.460 e. The van der Waals surface area contributed by atoms with E-state index in [9.17, 15) is 0 Å². The fourth-order valence-corrected chi connectivity index (χ4v) is 10.1. The number of hydrogen-bond acceptors (Lipinski definition) is 7. The van der Waals surface area contributed by atoms with Crippen molar-refractivity contribution in [2.24, 2.45) is 0 Å². The first-order valence-corrected chi connectivity index (χ1v) is 22.4. The Bertz CT molecular complexity index is 3080. The monoisotopic (exact) mass is 822 g/mol. The van der Waals surface area contributed by atoms with E-state index in [-0.39, 0.29) is 42.9 Å². The van der Waals surface area contributed by atoms with Crippen LogP contribution in [0.1, 0.15) is 94.3 Å². The normalized spacial score (nSPS) is 24.7. The molecule has 7 aromatic carbocycles. The zero-order valence-corrected chi connectivity index (χ0v) is 35.0. The van der Waals surface area contributed by atoms with Crippen molar-refractivity contribution < 1.29 is 4.42 Å². The van der Waals surface area contributed by atoms with E-state index in [1.54, 1.807) is 0 Å². The highest BCUT2D eigenvalue weighted by molar-refractivity contribution is 5.89. The van der Waals surface area contributed by atoms with Crippen molar-refractivity contribution in [3.8, 4) is 0 Å². The Kier molecular flexibility index (Phi) is 9.94. The lowest BCUT2D eigenvalue weighted by atomic mass is 9.85. The summed E-state index contributed by atoms with van der Waals surface area (Å²) >= 11 is 0. The van der Waals surface area contributed by atoms with Crippen LogP contribution in [-0.4, -0.2) is 6.17 Å².